The third-order valence-corrected chi connectivity index (χ3v) is 5.13. The van der Waals surface area contributed by atoms with Gasteiger partial charge in [0.25, 0.3) is 0 Å². The molecule has 2 fully saturated rings. The van der Waals surface area contributed by atoms with Crippen LogP contribution in [0, 0.1) is 5.92 Å². The van der Waals surface area contributed by atoms with E-state index in [9.17, 15) is 9.59 Å². The zero-order valence-electron chi connectivity index (χ0n) is 14.0. The first kappa shape index (κ1) is 16.0. The number of nitrogens with zero attached hydrogens (tertiary/aromatic N) is 1. The Hall–Kier alpha value is -1.84. The number of nitrogens with one attached hydrogen (secondary N) is 1. The van der Waals surface area contributed by atoms with Gasteiger partial charge >= 0.3 is 0 Å². The molecule has 23 heavy (non-hydrogen) atoms. The summed E-state index contributed by atoms with van der Waals surface area (Å²) in [4.78, 5) is 27.5. The molecule has 1 atom stereocenters. The van der Waals surface area contributed by atoms with Crippen LogP contribution in [-0.2, 0) is 16.1 Å². The van der Waals surface area contributed by atoms with Gasteiger partial charge in [-0.15, -0.1) is 0 Å². The van der Waals surface area contributed by atoms with Gasteiger partial charge in [0.05, 0.1) is 0 Å². The molecular weight excluding hydrogens is 288 g/mol. The van der Waals surface area contributed by atoms with Gasteiger partial charge in [-0.25, -0.2) is 0 Å². The molecule has 1 N–H and O–H groups in total. The number of carbonyl (C=O) groups is 2. The Kier molecular flexibility index (Phi) is 4.42. The van der Waals surface area contributed by atoms with E-state index in [0.717, 1.165) is 31.2 Å². The van der Waals surface area contributed by atoms with Crippen LogP contribution in [0.1, 0.15) is 51.5 Å². The molecule has 1 aromatic rings. The van der Waals surface area contributed by atoms with E-state index >= 15 is 0 Å². The molecule has 4 nitrogen and oxygen atoms in total. The molecule has 2 aliphatic rings. The fraction of sp³-hybridized carbons (Fsp3) is 0.579. The van der Waals surface area contributed by atoms with E-state index in [2.05, 4.69) is 5.32 Å². The Morgan fingerprint density at radius 3 is 2.39 bits per heavy atom. The minimum absolute atomic E-state index is 0.0115. The number of carbonyl (C=O) groups excluding carboxylic acids is 2. The van der Waals surface area contributed by atoms with Gasteiger partial charge in [0.1, 0.15) is 11.6 Å². The van der Waals surface area contributed by atoms with Gasteiger partial charge in [-0.1, -0.05) is 49.6 Å². The highest BCUT2D eigenvalue weighted by Crippen LogP contribution is 2.33. The number of rotatable bonds is 3. The summed E-state index contributed by atoms with van der Waals surface area (Å²) in [7, 11) is 0. The lowest BCUT2D eigenvalue weighted by atomic mass is 9.80. The van der Waals surface area contributed by atoms with Crippen molar-refractivity contribution in [3.8, 4) is 0 Å². The van der Waals surface area contributed by atoms with Crippen molar-refractivity contribution in [2.45, 2.75) is 64.1 Å². The summed E-state index contributed by atoms with van der Waals surface area (Å²) in [5.74, 6) is 0.321. The van der Waals surface area contributed by atoms with Gasteiger partial charge in [-0.2, -0.15) is 0 Å². The van der Waals surface area contributed by atoms with Crippen molar-refractivity contribution in [1.82, 2.24) is 10.2 Å². The molecule has 4 heteroatoms. The second-order valence-electron chi connectivity index (χ2n) is 7.38. The van der Waals surface area contributed by atoms with E-state index in [-0.39, 0.29) is 23.8 Å². The first-order valence-corrected chi connectivity index (χ1v) is 8.66. The number of benzene rings is 1. The lowest BCUT2D eigenvalue weighted by Gasteiger charge is -2.46. The summed E-state index contributed by atoms with van der Waals surface area (Å²) in [6, 6.07) is 9.64. The number of hydrogen-bond donors (Lipinski definition) is 1. The maximum absolute atomic E-state index is 13.0. The van der Waals surface area contributed by atoms with Crippen LogP contribution in [0.25, 0.3) is 0 Å². The summed E-state index contributed by atoms with van der Waals surface area (Å²) in [6.07, 6.45) is 5.63. The Morgan fingerprint density at radius 1 is 1.09 bits per heavy atom. The fourth-order valence-electron chi connectivity index (χ4n) is 3.93. The third kappa shape index (κ3) is 3.26. The molecule has 3 rings (SSSR count). The smallest absolute Gasteiger partial charge is 0.248 e. The lowest BCUT2D eigenvalue weighted by Crippen LogP contribution is -2.69. The Labute approximate surface area is 138 Å². The van der Waals surface area contributed by atoms with Gasteiger partial charge < -0.3 is 10.2 Å². The summed E-state index contributed by atoms with van der Waals surface area (Å²) >= 11 is 0. The highest BCUT2D eigenvalue weighted by Gasteiger charge is 2.47. The molecule has 1 saturated heterocycles. The molecule has 0 spiro atoms. The van der Waals surface area contributed by atoms with Crippen molar-refractivity contribution in [3.05, 3.63) is 35.9 Å². The zero-order chi connectivity index (χ0) is 16.4. The highest BCUT2D eigenvalue weighted by molar-refractivity contribution is 5.99. The van der Waals surface area contributed by atoms with Crippen LogP contribution in [0.4, 0.5) is 0 Å². The average molecular weight is 314 g/mol. The fourth-order valence-corrected chi connectivity index (χ4v) is 3.93. The molecule has 1 unspecified atom stereocenters. The predicted octanol–water partition coefficient (Wildman–Crippen LogP) is 2.87. The van der Waals surface area contributed by atoms with Crippen LogP contribution >= 0.6 is 0 Å². The van der Waals surface area contributed by atoms with Gasteiger partial charge in [-0.3, -0.25) is 9.59 Å². The summed E-state index contributed by atoms with van der Waals surface area (Å²) in [6.45, 7) is 4.10. The van der Waals surface area contributed by atoms with Crippen LogP contribution < -0.4 is 5.32 Å². The summed E-state index contributed by atoms with van der Waals surface area (Å²) in [5, 5.41) is 2.94. The topological polar surface area (TPSA) is 49.4 Å². The second kappa shape index (κ2) is 6.34. The first-order chi connectivity index (χ1) is 11.0. The molecule has 1 heterocycles. The average Bonchev–Trinajstić information content (AvgIpc) is 2.54. The quantitative estimate of drug-likeness (QED) is 0.932. The van der Waals surface area contributed by atoms with Gasteiger partial charge in [-0.05, 0) is 38.2 Å². The molecule has 2 amide bonds. The van der Waals surface area contributed by atoms with Crippen molar-refractivity contribution in [3.63, 3.8) is 0 Å². The van der Waals surface area contributed by atoms with Gasteiger partial charge in [0, 0.05) is 6.54 Å². The van der Waals surface area contributed by atoms with Crippen LogP contribution in [0.3, 0.4) is 0 Å². The number of piperazine rings is 1. The zero-order valence-corrected chi connectivity index (χ0v) is 14.0. The molecule has 1 aromatic carbocycles. The SMILES string of the molecule is CC1(C)NC(=O)C(C2CCCCC2)N(Cc2ccccc2)C1=O. The van der Waals surface area contributed by atoms with Gasteiger partial charge in [0.15, 0.2) is 0 Å². The van der Waals surface area contributed by atoms with Gasteiger partial charge in [0.2, 0.25) is 11.8 Å². The number of hydrogen-bond acceptors (Lipinski definition) is 2. The molecule has 1 aliphatic carbocycles. The Bertz CT molecular complexity index is 576. The van der Waals surface area contributed by atoms with E-state index in [0.29, 0.717) is 6.54 Å². The first-order valence-electron chi connectivity index (χ1n) is 8.66. The van der Waals surface area contributed by atoms with Crippen molar-refractivity contribution in [1.29, 1.82) is 0 Å². The number of amides is 2. The van der Waals surface area contributed by atoms with Crippen molar-refractivity contribution < 1.29 is 9.59 Å². The molecule has 0 bridgehead atoms. The molecule has 1 aliphatic heterocycles. The maximum Gasteiger partial charge on any atom is 0.248 e. The second-order valence-corrected chi connectivity index (χ2v) is 7.38. The summed E-state index contributed by atoms with van der Waals surface area (Å²) < 4.78 is 0. The van der Waals surface area contributed by atoms with E-state index in [4.69, 9.17) is 0 Å². The Morgan fingerprint density at radius 2 is 1.74 bits per heavy atom. The van der Waals surface area contributed by atoms with Crippen LogP contribution in [0.15, 0.2) is 30.3 Å². The van der Waals surface area contributed by atoms with E-state index in [1.54, 1.807) is 13.8 Å². The standard InChI is InChI=1S/C19H26N2O2/c1-19(2)18(23)21(13-14-9-5-3-6-10-14)16(17(22)20-19)15-11-7-4-8-12-15/h3,5-6,9-10,15-16H,4,7-8,11-13H2,1-2H3,(H,20,22). The van der Waals surface area contributed by atoms with Crippen molar-refractivity contribution >= 4 is 11.8 Å². The monoisotopic (exact) mass is 314 g/mol. The largest absolute Gasteiger partial charge is 0.340 e. The predicted molar refractivity (Wildman–Crippen MR) is 89.6 cm³/mol. The van der Waals surface area contributed by atoms with Crippen molar-refractivity contribution in [2.24, 2.45) is 5.92 Å². The minimum atomic E-state index is -0.822. The third-order valence-electron chi connectivity index (χ3n) is 5.13. The molecular formula is C19H26N2O2. The van der Waals surface area contributed by atoms with Crippen LogP contribution in [-0.4, -0.2) is 28.3 Å². The van der Waals surface area contributed by atoms with E-state index in [1.807, 2.05) is 35.2 Å². The molecule has 1 saturated carbocycles. The highest BCUT2D eigenvalue weighted by atomic mass is 16.2. The normalized spacial score (nSPS) is 25.3. The maximum atomic E-state index is 13.0. The summed E-state index contributed by atoms with van der Waals surface area (Å²) in [5.41, 5.74) is 0.254. The molecule has 124 valence electrons. The minimum Gasteiger partial charge on any atom is -0.340 e. The van der Waals surface area contributed by atoms with E-state index < -0.39 is 5.54 Å². The van der Waals surface area contributed by atoms with E-state index in [1.165, 1.54) is 6.42 Å². The van der Waals surface area contributed by atoms with Crippen LogP contribution in [0.2, 0.25) is 0 Å². The molecule has 0 aromatic heterocycles. The Balaban J connectivity index is 1.89. The van der Waals surface area contributed by atoms with Crippen molar-refractivity contribution in [2.75, 3.05) is 0 Å². The van der Waals surface area contributed by atoms with Crippen LogP contribution in [0.5, 0.6) is 0 Å². The molecule has 0 radical (unpaired) electrons. The lowest BCUT2D eigenvalue weighted by molar-refractivity contribution is -0.157.